The summed E-state index contributed by atoms with van der Waals surface area (Å²) in [6.07, 6.45) is 3.06. The smallest absolute Gasteiger partial charge is 0.330 e. The summed E-state index contributed by atoms with van der Waals surface area (Å²) in [6, 6.07) is 7.38. The van der Waals surface area contributed by atoms with Crippen molar-refractivity contribution in [3.63, 3.8) is 0 Å². The van der Waals surface area contributed by atoms with Gasteiger partial charge >= 0.3 is 5.97 Å². The maximum absolute atomic E-state index is 10.8. The molecule has 0 saturated heterocycles. The fraction of sp³-hybridized carbons (Fsp3) is 0.182. The Morgan fingerprint density at radius 1 is 1.21 bits per heavy atom. The number of rotatable bonds is 3. The van der Waals surface area contributed by atoms with E-state index >= 15 is 0 Å². The predicted molar refractivity (Wildman–Crippen MR) is 54.0 cm³/mol. The Balaban J connectivity index is 2.68. The Labute approximate surface area is 83.0 Å². The van der Waals surface area contributed by atoms with E-state index in [9.17, 15) is 4.79 Å². The van der Waals surface area contributed by atoms with E-state index < -0.39 is 0 Å². The molecule has 0 aliphatic rings. The molecule has 3 nitrogen and oxygen atoms in total. The zero-order valence-electron chi connectivity index (χ0n) is 8.19. The first kappa shape index (κ1) is 10.3. The number of benzene rings is 1. The number of carbonyl (C=O) groups is 1. The summed E-state index contributed by atoms with van der Waals surface area (Å²) < 4.78 is 9.47. The Morgan fingerprint density at radius 2 is 1.86 bits per heavy atom. The molecule has 1 rings (SSSR count). The van der Waals surface area contributed by atoms with Crippen molar-refractivity contribution < 1.29 is 14.3 Å². The number of methoxy groups -OCH3 is 2. The molecule has 0 bridgehead atoms. The molecule has 1 aromatic carbocycles. The van der Waals surface area contributed by atoms with Crippen LogP contribution in [0.25, 0.3) is 6.08 Å². The largest absolute Gasteiger partial charge is 0.497 e. The van der Waals surface area contributed by atoms with E-state index in [1.807, 2.05) is 24.3 Å². The molecule has 0 unspecified atom stereocenters. The predicted octanol–water partition coefficient (Wildman–Crippen LogP) is 1.88. The molecule has 0 aliphatic heterocycles. The molecule has 1 aromatic rings. The Bertz CT molecular complexity index is 325. The minimum atomic E-state index is -0.360. The molecule has 0 fully saturated rings. The monoisotopic (exact) mass is 192 g/mol. The molecule has 0 aromatic heterocycles. The normalized spacial score (nSPS) is 10.1. The van der Waals surface area contributed by atoms with E-state index in [0.29, 0.717) is 0 Å². The molecule has 0 radical (unpaired) electrons. The van der Waals surface area contributed by atoms with Gasteiger partial charge in [-0.15, -0.1) is 0 Å². The fourth-order valence-corrected chi connectivity index (χ4v) is 0.947. The molecule has 0 N–H and O–H groups in total. The molecule has 0 aliphatic carbocycles. The van der Waals surface area contributed by atoms with Gasteiger partial charge in [0.15, 0.2) is 0 Å². The van der Waals surface area contributed by atoms with Crippen molar-refractivity contribution in [1.82, 2.24) is 0 Å². The van der Waals surface area contributed by atoms with Crippen LogP contribution >= 0.6 is 0 Å². The highest BCUT2D eigenvalue weighted by Crippen LogP contribution is 2.12. The lowest BCUT2D eigenvalue weighted by Gasteiger charge is -1.98. The maximum Gasteiger partial charge on any atom is 0.330 e. The average molecular weight is 192 g/mol. The third-order valence-corrected chi connectivity index (χ3v) is 1.73. The molecule has 14 heavy (non-hydrogen) atoms. The van der Waals surface area contributed by atoms with Crippen molar-refractivity contribution >= 4 is 12.0 Å². The van der Waals surface area contributed by atoms with Crippen molar-refractivity contribution in [3.8, 4) is 5.75 Å². The van der Waals surface area contributed by atoms with Crippen molar-refractivity contribution in [2.24, 2.45) is 0 Å². The topological polar surface area (TPSA) is 35.5 Å². The Morgan fingerprint density at radius 3 is 2.36 bits per heavy atom. The van der Waals surface area contributed by atoms with Crippen LogP contribution in [-0.2, 0) is 9.53 Å². The quantitative estimate of drug-likeness (QED) is 0.542. The highest BCUT2D eigenvalue weighted by Gasteiger charge is 1.92. The zero-order valence-corrected chi connectivity index (χ0v) is 8.19. The highest BCUT2D eigenvalue weighted by molar-refractivity contribution is 5.86. The Kier molecular flexibility index (Phi) is 3.73. The highest BCUT2D eigenvalue weighted by atomic mass is 16.5. The van der Waals surface area contributed by atoms with Gasteiger partial charge in [-0.1, -0.05) is 12.1 Å². The van der Waals surface area contributed by atoms with Crippen molar-refractivity contribution in [2.75, 3.05) is 14.2 Å². The van der Waals surface area contributed by atoms with E-state index in [-0.39, 0.29) is 5.97 Å². The van der Waals surface area contributed by atoms with Crippen LogP contribution in [0.4, 0.5) is 0 Å². The SMILES string of the molecule is COC(=O)/C=C/c1ccc(OC)cc1. The van der Waals surface area contributed by atoms with Crippen LogP contribution in [0, 0.1) is 0 Å². The summed E-state index contributed by atoms with van der Waals surface area (Å²) >= 11 is 0. The van der Waals surface area contributed by atoms with Crippen LogP contribution in [-0.4, -0.2) is 20.2 Å². The average Bonchev–Trinajstić information content (AvgIpc) is 2.26. The van der Waals surface area contributed by atoms with Gasteiger partial charge in [0, 0.05) is 6.08 Å². The van der Waals surface area contributed by atoms with Gasteiger partial charge in [0.1, 0.15) is 5.75 Å². The van der Waals surface area contributed by atoms with Crippen LogP contribution in [0.5, 0.6) is 5.75 Å². The lowest BCUT2D eigenvalue weighted by atomic mass is 10.2. The van der Waals surface area contributed by atoms with E-state index in [0.717, 1.165) is 11.3 Å². The minimum Gasteiger partial charge on any atom is -0.497 e. The fourth-order valence-electron chi connectivity index (χ4n) is 0.947. The van der Waals surface area contributed by atoms with Crippen LogP contribution in [0.3, 0.4) is 0 Å². The van der Waals surface area contributed by atoms with Crippen LogP contribution in [0.15, 0.2) is 30.3 Å². The molecule has 0 saturated carbocycles. The minimum absolute atomic E-state index is 0.360. The molecule has 74 valence electrons. The first-order chi connectivity index (χ1) is 6.76. The second-order valence-electron chi connectivity index (χ2n) is 2.63. The summed E-state index contributed by atoms with van der Waals surface area (Å²) in [4.78, 5) is 10.8. The lowest BCUT2D eigenvalue weighted by Crippen LogP contribution is -1.93. The summed E-state index contributed by atoms with van der Waals surface area (Å²) in [5, 5.41) is 0. The standard InChI is InChI=1S/C11H12O3/c1-13-10-6-3-9(4-7-10)5-8-11(12)14-2/h3-8H,1-2H3/b8-5+. The van der Waals surface area contributed by atoms with Gasteiger partial charge in [-0.2, -0.15) is 0 Å². The van der Waals surface area contributed by atoms with E-state index in [4.69, 9.17) is 4.74 Å². The van der Waals surface area contributed by atoms with Crippen molar-refractivity contribution in [3.05, 3.63) is 35.9 Å². The first-order valence-corrected chi connectivity index (χ1v) is 4.16. The number of hydrogen-bond acceptors (Lipinski definition) is 3. The van der Waals surface area contributed by atoms with E-state index in [1.54, 1.807) is 13.2 Å². The molecule has 0 heterocycles. The zero-order chi connectivity index (χ0) is 10.4. The van der Waals surface area contributed by atoms with E-state index in [2.05, 4.69) is 4.74 Å². The summed E-state index contributed by atoms with van der Waals surface area (Å²) in [7, 11) is 2.96. The lowest BCUT2D eigenvalue weighted by molar-refractivity contribution is -0.134. The second kappa shape index (κ2) is 5.07. The van der Waals surface area contributed by atoms with Crippen LogP contribution < -0.4 is 4.74 Å². The van der Waals surface area contributed by atoms with Gasteiger partial charge in [-0.25, -0.2) is 4.79 Å². The van der Waals surface area contributed by atoms with Crippen molar-refractivity contribution in [1.29, 1.82) is 0 Å². The van der Waals surface area contributed by atoms with Gasteiger partial charge in [0.2, 0.25) is 0 Å². The number of ether oxygens (including phenoxy) is 2. The molecule has 0 spiro atoms. The molecular weight excluding hydrogens is 180 g/mol. The van der Waals surface area contributed by atoms with Gasteiger partial charge in [-0.3, -0.25) is 0 Å². The van der Waals surface area contributed by atoms with Crippen LogP contribution in [0.2, 0.25) is 0 Å². The van der Waals surface area contributed by atoms with E-state index in [1.165, 1.54) is 13.2 Å². The number of esters is 1. The summed E-state index contributed by atoms with van der Waals surface area (Å²) in [5.74, 6) is 0.432. The number of carbonyl (C=O) groups excluding carboxylic acids is 1. The van der Waals surface area contributed by atoms with Gasteiger partial charge in [0.05, 0.1) is 14.2 Å². The third kappa shape index (κ3) is 2.94. The third-order valence-electron chi connectivity index (χ3n) is 1.73. The van der Waals surface area contributed by atoms with Gasteiger partial charge in [-0.05, 0) is 23.8 Å². The Hall–Kier alpha value is -1.77. The first-order valence-electron chi connectivity index (χ1n) is 4.16. The maximum atomic E-state index is 10.8. The second-order valence-corrected chi connectivity index (χ2v) is 2.63. The van der Waals surface area contributed by atoms with Crippen LogP contribution in [0.1, 0.15) is 5.56 Å². The number of hydrogen-bond donors (Lipinski definition) is 0. The molecule has 3 heteroatoms. The van der Waals surface area contributed by atoms with Gasteiger partial charge < -0.3 is 9.47 Å². The summed E-state index contributed by atoms with van der Waals surface area (Å²) in [6.45, 7) is 0. The summed E-state index contributed by atoms with van der Waals surface area (Å²) in [5.41, 5.74) is 0.927. The molecular formula is C11H12O3. The van der Waals surface area contributed by atoms with Crippen molar-refractivity contribution in [2.45, 2.75) is 0 Å². The molecule has 0 atom stereocenters. The molecule has 0 amide bonds. The van der Waals surface area contributed by atoms with Gasteiger partial charge in [0.25, 0.3) is 0 Å².